The summed E-state index contributed by atoms with van der Waals surface area (Å²) in [5, 5.41) is 4.45. The van der Waals surface area contributed by atoms with Gasteiger partial charge in [-0.1, -0.05) is 48.8 Å². The molecule has 0 amide bonds. The Hall–Kier alpha value is -2.53. The van der Waals surface area contributed by atoms with Gasteiger partial charge in [-0.3, -0.25) is 14.5 Å². The Labute approximate surface area is 206 Å². The number of hydrogen-bond acceptors (Lipinski definition) is 6. The fourth-order valence-electron chi connectivity index (χ4n) is 3.54. The molecule has 0 fully saturated rings. The van der Waals surface area contributed by atoms with Crippen molar-refractivity contribution in [2.45, 2.75) is 43.7 Å². The summed E-state index contributed by atoms with van der Waals surface area (Å²) in [5.41, 5.74) is 0.656. The van der Waals surface area contributed by atoms with Gasteiger partial charge in [-0.05, 0) is 52.7 Å². The van der Waals surface area contributed by atoms with Crippen molar-refractivity contribution in [3.8, 4) is 17.1 Å². The second-order valence-electron chi connectivity index (χ2n) is 7.77. The van der Waals surface area contributed by atoms with Crippen molar-refractivity contribution in [2.24, 2.45) is 4.99 Å². The summed E-state index contributed by atoms with van der Waals surface area (Å²) in [6.07, 6.45) is -1.46. The Morgan fingerprint density at radius 2 is 1.97 bits per heavy atom. The lowest BCUT2D eigenvalue weighted by Gasteiger charge is -2.18. The summed E-state index contributed by atoms with van der Waals surface area (Å²) in [6.45, 7) is 2.49. The number of benzene rings is 2. The number of rotatable bonds is 8. The van der Waals surface area contributed by atoms with Gasteiger partial charge < -0.3 is 4.74 Å². The highest BCUT2D eigenvalue weighted by molar-refractivity contribution is 9.10. The summed E-state index contributed by atoms with van der Waals surface area (Å²) in [4.78, 5) is 18.5. The van der Waals surface area contributed by atoms with E-state index in [1.165, 1.54) is 23.9 Å². The molecular formula is C23H21BrF3N3O3S. The fraction of sp³-hybridized carbons (Fsp3) is 0.348. The number of aromatic nitrogens is 2. The van der Waals surface area contributed by atoms with E-state index in [4.69, 9.17) is 9.73 Å². The van der Waals surface area contributed by atoms with E-state index >= 15 is 0 Å². The number of nitrogens with one attached hydrogen (secondary N) is 1. The van der Waals surface area contributed by atoms with Gasteiger partial charge >= 0.3 is 11.9 Å². The van der Waals surface area contributed by atoms with Gasteiger partial charge in [0.15, 0.2) is 5.82 Å². The second-order valence-corrected chi connectivity index (χ2v) is 9.85. The van der Waals surface area contributed by atoms with E-state index in [1.807, 2.05) is 0 Å². The minimum absolute atomic E-state index is 0.0187. The maximum atomic E-state index is 12.9. The molecule has 2 heterocycles. The zero-order valence-corrected chi connectivity index (χ0v) is 20.5. The Morgan fingerprint density at radius 3 is 2.59 bits per heavy atom. The zero-order valence-electron chi connectivity index (χ0n) is 18.1. The van der Waals surface area contributed by atoms with E-state index in [-0.39, 0.29) is 11.3 Å². The van der Waals surface area contributed by atoms with Crippen LogP contribution in [-0.4, -0.2) is 33.1 Å². The monoisotopic (exact) mass is 555 g/mol. The van der Waals surface area contributed by atoms with Gasteiger partial charge in [0.05, 0.1) is 21.9 Å². The number of alkyl halides is 3. The molecule has 3 aromatic rings. The number of nitrogens with zero attached hydrogens (tertiary/aromatic N) is 2. The van der Waals surface area contributed by atoms with Crippen LogP contribution >= 0.6 is 27.7 Å². The van der Waals surface area contributed by atoms with Crippen LogP contribution in [0, 0.1) is 0 Å². The van der Waals surface area contributed by atoms with E-state index in [2.05, 4.69) is 37.5 Å². The molecule has 11 heteroatoms. The van der Waals surface area contributed by atoms with Crippen LogP contribution in [-0.2, 0) is 6.18 Å². The molecule has 1 aromatic heterocycles. The van der Waals surface area contributed by atoms with Crippen molar-refractivity contribution in [1.29, 1.82) is 0 Å². The van der Waals surface area contributed by atoms with Crippen LogP contribution < -0.4 is 10.5 Å². The van der Waals surface area contributed by atoms with Crippen LogP contribution in [0.5, 0.6) is 5.75 Å². The molecule has 0 radical (unpaired) electrons. The lowest BCUT2D eigenvalue weighted by molar-refractivity contribution is -0.137. The van der Waals surface area contributed by atoms with E-state index in [9.17, 15) is 18.0 Å². The number of hydrogen-bond donors (Lipinski definition) is 1. The second kappa shape index (κ2) is 10.4. The number of aliphatic imine (C=N–C) groups is 1. The molecule has 1 N–H and O–H groups in total. The van der Waals surface area contributed by atoms with E-state index in [0.717, 1.165) is 36.4 Å². The lowest BCUT2D eigenvalue weighted by atomic mass is 10.1. The summed E-state index contributed by atoms with van der Waals surface area (Å²) in [6, 6.07) is 10.4. The summed E-state index contributed by atoms with van der Waals surface area (Å²) >= 11 is 4.99. The van der Waals surface area contributed by atoms with Gasteiger partial charge in [-0.2, -0.15) is 13.2 Å². The number of H-pyrrole nitrogens is 1. The molecule has 2 aromatic carbocycles. The molecule has 0 aliphatic carbocycles. The third kappa shape index (κ3) is 5.75. The van der Waals surface area contributed by atoms with Crippen LogP contribution in [0.25, 0.3) is 11.4 Å². The van der Waals surface area contributed by atoms with E-state index < -0.39 is 17.5 Å². The molecule has 2 atom stereocenters. The quantitative estimate of drug-likeness (QED) is 0.352. The number of ether oxygens (including phenoxy) is 1. The van der Waals surface area contributed by atoms with E-state index in [1.54, 1.807) is 18.2 Å². The molecule has 0 saturated carbocycles. The standard InChI is InChI=1S/C23H21BrF3N3O3S/c1-2-3-4-18-19(34-21(28-18)13-5-7-14(8-6-13)23(25,26)27)12-32-15-9-10-16(17(24)11-15)20-29-22(31)33-30-20/h5-11,18-19H,2-4,12H2,1H3,(H,29,30,31). The van der Waals surface area contributed by atoms with Crippen LogP contribution in [0.1, 0.15) is 37.3 Å². The van der Waals surface area contributed by atoms with Gasteiger partial charge in [0.25, 0.3) is 0 Å². The Morgan fingerprint density at radius 1 is 1.21 bits per heavy atom. The highest BCUT2D eigenvalue weighted by Gasteiger charge is 2.33. The molecule has 0 saturated heterocycles. The van der Waals surface area contributed by atoms with Gasteiger partial charge in [0, 0.05) is 15.6 Å². The van der Waals surface area contributed by atoms with Crippen LogP contribution in [0.4, 0.5) is 13.2 Å². The minimum atomic E-state index is -4.37. The number of thioether (sulfide) groups is 1. The third-order valence-corrected chi connectivity index (χ3v) is 7.31. The number of aromatic amines is 1. The first-order chi connectivity index (χ1) is 16.2. The molecule has 4 rings (SSSR count). The molecule has 1 aliphatic rings. The Balaban J connectivity index is 1.45. The van der Waals surface area contributed by atoms with Crippen molar-refractivity contribution in [3.63, 3.8) is 0 Å². The average Bonchev–Trinajstić information content (AvgIpc) is 3.42. The smallest absolute Gasteiger partial charge is 0.439 e. The molecule has 0 bridgehead atoms. The van der Waals surface area contributed by atoms with Gasteiger partial charge in [-0.25, -0.2) is 4.79 Å². The molecule has 1 aliphatic heterocycles. The summed E-state index contributed by atoms with van der Waals surface area (Å²) in [7, 11) is 0. The lowest BCUT2D eigenvalue weighted by Crippen LogP contribution is -2.24. The highest BCUT2D eigenvalue weighted by Crippen LogP contribution is 2.36. The van der Waals surface area contributed by atoms with E-state index in [0.29, 0.717) is 33.8 Å². The predicted octanol–water partition coefficient (Wildman–Crippen LogP) is 6.31. The van der Waals surface area contributed by atoms with Crippen molar-refractivity contribution >= 4 is 32.7 Å². The van der Waals surface area contributed by atoms with Crippen LogP contribution in [0.3, 0.4) is 0 Å². The summed E-state index contributed by atoms with van der Waals surface area (Å²) in [5.74, 6) is 0.297. The van der Waals surface area contributed by atoms with Gasteiger partial charge in [-0.15, -0.1) is 0 Å². The molecule has 0 spiro atoms. The SMILES string of the molecule is CCCCC1N=C(c2ccc(C(F)(F)F)cc2)SC1COc1ccc(-c2noc(=O)[nH]2)c(Br)c1. The first-order valence-electron chi connectivity index (χ1n) is 10.7. The third-order valence-electron chi connectivity index (χ3n) is 5.34. The first-order valence-corrected chi connectivity index (χ1v) is 12.3. The fourth-order valence-corrected chi connectivity index (χ4v) is 5.33. The predicted molar refractivity (Wildman–Crippen MR) is 128 cm³/mol. The first kappa shape index (κ1) is 24.6. The Kier molecular flexibility index (Phi) is 7.51. The molecule has 34 heavy (non-hydrogen) atoms. The maximum absolute atomic E-state index is 12.9. The largest absolute Gasteiger partial charge is 0.492 e. The highest BCUT2D eigenvalue weighted by atomic mass is 79.9. The normalized spacial score (nSPS) is 18.2. The number of unbranched alkanes of at least 4 members (excludes halogenated alkanes) is 1. The minimum Gasteiger partial charge on any atom is -0.492 e. The maximum Gasteiger partial charge on any atom is 0.439 e. The topological polar surface area (TPSA) is 80.5 Å². The molecule has 180 valence electrons. The van der Waals surface area contributed by atoms with Crippen molar-refractivity contribution < 1.29 is 22.4 Å². The van der Waals surface area contributed by atoms with Crippen LogP contribution in [0.2, 0.25) is 0 Å². The van der Waals surface area contributed by atoms with Gasteiger partial charge in [0.1, 0.15) is 12.4 Å². The summed E-state index contributed by atoms with van der Waals surface area (Å²) < 4.78 is 49.9. The zero-order chi connectivity index (χ0) is 24.3. The Bertz CT molecular complexity index is 1220. The van der Waals surface area contributed by atoms with Crippen LogP contribution in [0.15, 0.2) is 61.2 Å². The molecule has 6 nitrogen and oxygen atoms in total. The number of halogens is 4. The molecule has 2 unspecified atom stereocenters. The van der Waals surface area contributed by atoms with Crippen molar-refractivity contribution in [1.82, 2.24) is 10.1 Å². The van der Waals surface area contributed by atoms with Crippen molar-refractivity contribution in [3.05, 3.63) is 68.6 Å². The molecular weight excluding hydrogens is 535 g/mol. The van der Waals surface area contributed by atoms with Gasteiger partial charge in [0.2, 0.25) is 0 Å². The van der Waals surface area contributed by atoms with Crippen molar-refractivity contribution in [2.75, 3.05) is 6.61 Å². The average molecular weight is 556 g/mol.